The summed E-state index contributed by atoms with van der Waals surface area (Å²) in [6.45, 7) is 3.65. The van der Waals surface area contributed by atoms with Crippen LogP contribution in [0.2, 0.25) is 0 Å². The van der Waals surface area contributed by atoms with Crippen LogP contribution < -0.4 is 4.90 Å². The Kier molecular flexibility index (Phi) is 7.28. The van der Waals surface area contributed by atoms with E-state index in [1.807, 2.05) is 0 Å². The number of nitrogens with zero attached hydrogens (tertiary/aromatic N) is 5. The summed E-state index contributed by atoms with van der Waals surface area (Å²) in [5.41, 5.74) is 0.0357. The van der Waals surface area contributed by atoms with E-state index in [9.17, 15) is 22.4 Å². The van der Waals surface area contributed by atoms with Crippen molar-refractivity contribution in [2.24, 2.45) is 5.92 Å². The second-order valence-corrected chi connectivity index (χ2v) is 8.75. The lowest BCUT2D eigenvalue weighted by Gasteiger charge is -2.22. The average Bonchev–Trinajstić information content (AvgIpc) is 3.12. The van der Waals surface area contributed by atoms with E-state index in [2.05, 4.69) is 9.97 Å². The number of rotatable bonds is 7. The van der Waals surface area contributed by atoms with Crippen molar-refractivity contribution in [3.05, 3.63) is 65.5 Å². The molecule has 10 heteroatoms. The molecule has 0 fully saturated rings. The van der Waals surface area contributed by atoms with E-state index in [0.717, 1.165) is 22.8 Å². The van der Waals surface area contributed by atoms with Crippen LogP contribution >= 0.6 is 0 Å². The maximum Gasteiger partial charge on any atom is 0.431 e. The zero-order chi connectivity index (χ0) is 25.2. The highest BCUT2D eigenvalue weighted by Gasteiger charge is 2.39. The molecule has 0 aliphatic rings. The predicted octanol–water partition coefficient (Wildman–Crippen LogP) is 5.10. The summed E-state index contributed by atoms with van der Waals surface area (Å²) < 4.78 is 56.4. The largest absolute Gasteiger partial charge is 0.431 e. The summed E-state index contributed by atoms with van der Waals surface area (Å²) >= 11 is 0. The lowest BCUT2D eigenvalue weighted by molar-refractivity contribution is -0.143. The van der Waals surface area contributed by atoms with E-state index < -0.39 is 23.6 Å². The molecule has 182 valence electrons. The van der Waals surface area contributed by atoms with E-state index in [4.69, 9.17) is 0 Å². The molecule has 3 aromatic rings. The molecule has 0 aliphatic heterocycles. The van der Waals surface area contributed by atoms with Gasteiger partial charge in [-0.1, -0.05) is 26.0 Å². The minimum absolute atomic E-state index is 0.00834. The molecule has 0 bridgehead atoms. The molecule has 1 amide bonds. The third-order valence-corrected chi connectivity index (χ3v) is 5.15. The van der Waals surface area contributed by atoms with Crippen molar-refractivity contribution < 1.29 is 22.4 Å². The first-order chi connectivity index (χ1) is 15.9. The standard InChI is InChI=1S/C24H27F4N5O/c1-15(2)13-33-20(24(26,27)28)10-19(17-6-8-18(25)9-7-17)21(33)22(34)32(5)14-16-11-29-23(30-12-16)31(3)4/h6-12,15H,13-14H2,1-5H3. The van der Waals surface area contributed by atoms with Gasteiger partial charge in [-0.2, -0.15) is 13.2 Å². The lowest BCUT2D eigenvalue weighted by Crippen LogP contribution is -2.30. The predicted molar refractivity (Wildman–Crippen MR) is 122 cm³/mol. The number of alkyl halides is 3. The normalized spacial score (nSPS) is 11.7. The molecule has 6 nitrogen and oxygen atoms in total. The van der Waals surface area contributed by atoms with Crippen LogP contribution in [0.5, 0.6) is 0 Å². The Labute approximate surface area is 195 Å². The minimum atomic E-state index is -4.67. The Morgan fingerprint density at radius 3 is 2.15 bits per heavy atom. The fourth-order valence-electron chi connectivity index (χ4n) is 3.61. The molecule has 1 aromatic carbocycles. The van der Waals surface area contributed by atoms with Crippen LogP contribution in [0.25, 0.3) is 11.1 Å². The summed E-state index contributed by atoms with van der Waals surface area (Å²) in [6.07, 6.45) is -1.53. The van der Waals surface area contributed by atoms with Crippen molar-refractivity contribution in [3.8, 4) is 11.1 Å². The van der Waals surface area contributed by atoms with Crippen LogP contribution in [-0.4, -0.2) is 46.5 Å². The number of amides is 1. The molecule has 2 aromatic heterocycles. The number of halogens is 4. The molecular formula is C24H27F4N5O. The third kappa shape index (κ3) is 5.55. The van der Waals surface area contributed by atoms with Crippen molar-refractivity contribution in [2.75, 3.05) is 26.0 Å². The molecule has 0 unspecified atom stereocenters. The van der Waals surface area contributed by atoms with Crippen molar-refractivity contribution in [1.29, 1.82) is 0 Å². The van der Waals surface area contributed by atoms with E-state index in [1.165, 1.54) is 24.1 Å². The topological polar surface area (TPSA) is 54.3 Å². The van der Waals surface area contributed by atoms with Gasteiger partial charge in [0.2, 0.25) is 5.95 Å². The molecule has 0 aliphatic carbocycles. The summed E-state index contributed by atoms with van der Waals surface area (Å²) in [5, 5.41) is 0. The monoisotopic (exact) mass is 477 g/mol. The Hall–Kier alpha value is -3.43. The van der Waals surface area contributed by atoms with Gasteiger partial charge in [-0.25, -0.2) is 14.4 Å². The lowest BCUT2D eigenvalue weighted by atomic mass is 10.0. The average molecular weight is 478 g/mol. The van der Waals surface area contributed by atoms with Crippen LogP contribution in [0.3, 0.4) is 0 Å². The van der Waals surface area contributed by atoms with Gasteiger partial charge in [-0.15, -0.1) is 0 Å². The van der Waals surface area contributed by atoms with E-state index >= 15 is 0 Å². The molecule has 3 rings (SSSR count). The first-order valence-electron chi connectivity index (χ1n) is 10.7. The summed E-state index contributed by atoms with van der Waals surface area (Å²) in [7, 11) is 5.10. The maximum atomic E-state index is 14.0. The Morgan fingerprint density at radius 1 is 1.06 bits per heavy atom. The van der Waals surface area contributed by atoms with Crippen LogP contribution in [0.1, 0.15) is 35.6 Å². The van der Waals surface area contributed by atoms with Crippen molar-refractivity contribution in [3.63, 3.8) is 0 Å². The zero-order valence-corrected chi connectivity index (χ0v) is 19.7. The maximum absolute atomic E-state index is 14.0. The minimum Gasteiger partial charge on any atom is -0.347 e. The van der Waals surface area contributed by atoms with E-state index in [-0.39, 0.29) is 30.3 Å². The molecule has 0 radical (unpaired) electrons. The van der Waals surface area contributed by atoms with Gasteiger partial charge < -0.3 is 14.4 Å². The number of hydrogen-bond acceptors (Lipinski definition) is 4. The quantitative estimate of drug-likeness (QED) is 0.445. The molecule has 34 heavy (non-hydrogen) atoms. The Morgan fingerprint density at radius 2 is 1.65 bits per heavy atom. The van der Waals surface area contributed by atoms with Gasteiger partial charge >= 0.3 is 6.18 Å². The number of carbonyl (C=O) groups is 1. The highest BCUT2D eigenvalue weighted by Crippen LogP contribution is 2.38. The molecule has 0 saturated carbocycles. The van der Waals surface area contributed by atoms with Gasteiger partial charge in [0.05, 0.1) is 0 Å². The first kappa shape index (κ1) is 25.2. The SMILES string of the molecule is CC(C)Cn1c(C(F)(F)F)cc(-c2ccc(F)cc2)c1C(=O)N(C)Cc1cnc(N(C)C)nc1. The van der Waals surface area contributed by atoms with Gasteiger partial charge in [0.1, 0.15) is 17.2 Å². The fraction of sp³-hybridized carbons (Fsp3) is 0.375. The van der Waals surface area contributed by atoms with E-state index in [1.54, 1.807) is 45.2 Å². The smallest absolute Gasteiger partial charge is 0.347 e. The number of benzene rings is 1. The van der Waals surface area contributed by atoms with Crippen LogP contribution in [0, 0.1) is 11.7 Å². The van der Waals surface area contributed by atoms with Crippen molar-refractivity contribution >= 4 is 11.9 Å². The number of anilines is 1. The molecule has 0 atom stereocenters. The fourth-order valence-corrected chi connectivity index (χ4v) is 3.61. The van der Waals surface area contributed by atoms with Gasteiger partial charge in [-0.3, -0.25) is 4.79 Å². The summed E-state index contributed by atoms with van der Waals surface area (Å²) in [6, 6.07) is 6.02. The second-order valence-electron chi connectivity index (χ2n) is 8.75. The molecule has 0 saturated heterocycles. The Balaban J connectivity index is 2.08. The van der Waals surface area contributed by atoms with Gasteiger partial charge in [0.15, 0.2) is 0 Å². The molecule has 0 N–H and O–H groups in total. The second kappa shape index (κ2) is 9.82. The van der Waals surface area contributed by atoms with Crippen molar-refractivity contribution in [1.82, 2.24) is 19.4 Å². The Bertz CT molecular complexity index is 1140. The first-order valence-corrected chi connectivity index (χ1v) is 10.7. The number of hydrogen-bond donors (Lipinski definition) is 0. The highest BCUT2D eigenvalue weighted by atomic mass is 19.4. The van der Waals surface area contributed by atoms with Gasteiger partial charge in [-0.05, 0) is 29.7 Å². The summed E-state index contributed by atoms with van der Waals surface area (Å²) in [4.78, 5) is 25.0. The van der Waals surface area contributed by atoms with Crippen LogP contribution in [0.15, 0.2) is 42.7 Å². The number of aromatic nitrogens is 3. The zero-order valence-electron chi connectivity index (χ0n) is 19.7. The van der Waals surface area contributed by atoms with Gasteiger partial charge in [0.25, 0.3) is 5.91 Å². The number of carbonyl (C=O) groups excluding carboxylic acids is 1. The third-order valence-electron chi connectivity index (χ3n) is 5.15. The van der Waals surface area contributed by atoms with Crippen molar-refractivity contribution in [2.45, 2.75) is 33.1 Å². The van der Waals surface area contributed by atoms with Crippen LogP contribution in [0.4, 0.5) is 23.5 Å². The molecule has 0 spiro atoms. The molecule has 2 heterocycles. The summed E-state index contributed by atoms with van der Waals surface area (Å²) in [5.74, 6) is -0.768. The van der Waals surface area contributed by atoms with Crippen LogP contribution in [-0.2, 0) is 19.3 Å². The highest BCUT2D eigenvalue weighted by molar-refractivity contribution is 6.00. The van der Waals surface area contributed by atoms with Gasteiger partial charge in [0, 0.05) is 57.8 Å². The molecular weight excluding hydrogens is 450 g/mol. The van der Waals surface area contributed by atoms with E-state index in [0.29, 0.717) is 17.1 Å².